The summed E-state index contributed by atoms with van der Waals surface area (Å²) in [6.07, 6.45) is 0. The summed E-state index contributed by atoms with van der Waals surface area (Å²) in [5, 5.41) is 11.5. The van der Waals surface area contributed by atoms with Crippen molar-refractivity contribution in [1.82, 2.24) is 0 Å². The van der Waals surface area contributed by atoms with Crippen LogP contribution in [0.3, 0.4) is 0 Å². The minimum Gasteiger partial charge on any atom is -0.478 e. The Hall–Kier alpha value is -1.73. The van der Waals surface area contributed by atoms with Crippen LogP contribution in [0.15, 0.2) is 45.3 Å². The first kappa shape index (κ1) is 15.7. The van der Waals surface area contributed by atoms with Crippen LogP contribution in [0, 0.1) is 5.82 Å². The van der Waals surface area contributed by atoms with Gasteiger partial charge in [-0.2, -0.15) is 0 Å². The lowest BCUT2D eigenvalue weighted by atomic mass is 10.1. The maximum absolute atomic E-state index is 13.4. The minimum absolute atomic E-state index is 0.0375. The number of halogens is 3. The number of carbonyl (C=O) groups excluding carboxylic acids is 1. The summed E-state index contributed by atoms with van der Waals surface area (Å²) in [5.41, 5.74) is 0.460. The Bertz CT molecular complexity index is 734. The molecule has 2 rings (SSSR count). The molecule has 0 aliphatic carbocycles. The van der Waals surface area contributed by atoms with Crippen molar-refractivity contribution in [1.29, 1.82) is 0 Å². The molecule has 0 radical (unpaired) electrons. The zero-order chi connectivity index (χ0) is 15.6. The number of anilines is 1. The minimum atomic E-state index is -1.10. The molecule has 1 amide bonds. The van der Waals surface area contributed by atoms with Crippen molar-refractivity contribution in [3.63, 3.8) is 0 Å². The third-order valence-electron chi connectivity index (χ3n) is 2.64. The zero-order valence-corrected chi connectivity index (χ0v) is 13.5. The van der Waals surface area contributed by atoms with Crippen molar-refractivity contribution in [2.24, 2.45) is 0 Å². The standard InChI is InChI=1S/C14H8Br2FNO3/c15-9-3-1-7(5-11(9)17)13(19)18-12-6-8(14(20)21)2-4-10(12)16/h1-6H,(H,18,19)(H,20,21). The highest BCUT2D eigenvalue weighted by Gasteiger charge is 2.12. The molecule has 4 nitrogen and oxygen atoms in total. The van der Waals surface area contributed by atoms with E-state index in [-0.39, 0.29) is 15.6 Å². The number of carboxylic acid groups (broad SMARTS) is 1. The molecule has 21 heavy (non-hydrogen) atoms. The summed E-state index contributed by atoms with van der Waals surface area (Å²) < 4.78 is 14.2. The van der Waals surface area contributed by atoms with Gasteiger partial charge in [0.2, 0.25) is 0 Å². The molecule has 0 saturated heterocycles. The van der Waals surface area contributed by atoms with Crippen LogP contribution in [0.4, 0.5) is 10.1 Å². The van der Waals surface area contributed by atoms with Crippen molar-refractivity contribution in [3.8, 4) is 0 Å². The molecular weight excluding hydrogens is 409 g/mol. The number of rotatable bonds is 3. The quantitative estimate of drug-likeness (QED) is 0.783. The largest absolute Gasteiger partial charge is 0.478 e. The SMILES string of the molecule is O=C(O)c1ccc(Br)c(NC(=O)c2ccc(Br)c(F)c2)c1. The van der Waals surface area contributed by atoms with Crippen LogP contribution < -0.4 is 5.32 Å². The van der Waals surface area contributed by atoms with Gasteiger partial charge in [0.25, 0.3) is 5.91 Å². The van der Waals surface area contributed by atoms with Crippen LogP contribution in [0.1, 0.15) is 20.7 Å². The van der Waals surface area contributed by atoms with E-state index < -0.39 is 17.7 Å². The molecule has 7 heteroatoms. The molecule has 0 unspecified atom stereocenters. The highest BCUT2D eigenvalue weighted by molar-refractivity contribution is 9.10. The third kappa shape index (κ3) is 3.68. The summed E-state index contributed by atoms with van der Waals surface area (Å²) >= 11 is 6.22. The van der Waals surface area contributed by atoms with E-state index in [2.05, 4.69) is 37.2 Å². The highest BCUT2D eigenvalue weighted by atomic mass is 79.9. The van der Waals surface area contributed by atoms with Gasteiger partial charge in [-0.1, -0.05) is 0 Å². The summed E-state index contributed by atoms with van der Waals surface area (Å²) in [6.45, 7) is 0. The number of nitrogens with one attached hydrogen (secondary N) is 1. The molecule has 0 atom stereocenters. The lowest BCUT2D eigenvalue weighted by Crippen LogP contribution is -2.13. The van der Waals surface area contributed by atoms with Crippen molar-refractivity contribution < 1.29 is 19.1 Å². The van der Waals surface area contributed by atoms with Gasteiger partial charge in [0.1, 0.15) is 5.82 Å². The van der Waals surface area contributed by atoms with Gasteiger partial charge >= 0.3 is 5.97 Å². The fourth-order valence-corrected chi connectivity index (χ4v) is 2.18. The number of hydrogen-bond acceptors (Lipinski definition) is 2. The third-order valence-corrected chi connectivity index (χ3v) is 3.98. The maximum atomic E-state index is 13.4. The molecule has 0 aliphatic rings. The first-order valence-corrected chi connectivity index (χ1v) is 7.26. The van der Waals surface area contributed by atoms with Gasteiger partial charge in [0.15, 0.2) is 0 Å². The smallest absolute Gasteiger partial charge is 0.335 e. The molecule has 0 bridgehead atoms. The van der Waals surface area contributed by atoms with Crippen molar-refractivity contribution >= 4 is 49.4 Å². The highest BCUT2D eigenvalue weighted by Crippen LogP contribution is 2.25. The van der Waals surface area contributed by atoms with Crippen molar-refractivity contribution in [2.45, 2.75) is 0 Å². The van der Waals surface area contributed by atoms with Crippen LogP contribution >= 0.6 is 31.9 Å². The summed E-state index contributed by atoms with van der Waals surface area (Å²) in [7, 11) is 0. The number of aromatic carboxylic acids is 1. The van der Waals surface area contributed by atoms with Gasteiger partial charge < -0.3 is 10.4 Å². The number of carboxylic acids is 1. The Balaban J connectivity index is 2.28. The van der Waals surface area contributed by atoms with Gasteiger partial charge in [-0.15, -0.1) is 0 Å². The van der Waals surface area contributed by atoms with E-state index in [1.54, 1.807) is 0 Å². The fraction of sp³-hybridized carbons (Fsp3) is 0. The number of hydrogen-bond donors (Lipinski definition) is 2. The monoisotopic (exact) mass is 415 g/mol. The topological polar surface area (TPSA) is 66.4 Å². The fourth-order valence-electron chi connectivity index (χ4n) is 1.59. The zero-order valence-electron chi connectivity index (χ0n) is 10.4. The number of benzene rings is 2. The normalized spacial score (nSPS) is 10.2. The number of amides is 1. The molecule has 2 aromatic rings. The Morgan fingerprint density at radius 3 is 2.24 bits per heavy atom. The molecule has 0 heterocycles. The molecule has 108 valence electrons. The Morgan fingerprint density at radius 2 is 1.62 bits per heavy atom. The van der Waals surface area contributed by atoms with Crippen LogP contribution in [0.5, 0.6) is 0 Å². The Kier molecular flexibility index (Phi) is 4.74. The second-order valence-corrected chi connectivity index (χ2v) is 5.79. The van der Waals surface area contributed by atoms with Gasteiger partial charge in [0, 0.05) is 10.0 Å². The molecule has 0 aliphatic heterocycles. The van der Waals surface area contributed by atoms with Crippen LogP contribution in [-0.2, 0) is 0 Å². The van der Waals surface area contributed by atoms with Gasteiger partial charge in [-0.25, -0.2) is 9.18 Å². The average Bonchev–Trinajstić information content (AvgIpc) is 2.43. The predicted molar refractivity (Wildman–Crippen MR) is 83.2 cm³/mol. The van der Waals surface area contributed by atoms with Crippen LogP contribution in [0.25, 0.3) is 0 Å². The molecular formula is C14H8Br2FNO3. The second-order valence-electron chi connectivity index (χ2n) is 4.08. The lowest BCUT2D eigenvalue weighted by Gasteiger charge is -2.09. The average molecular weight is 417 g/mol. The van der Waals surface area contributed by atoms with Gasteiger partial charge in [0.05, 0.1) is 15.7 Å². The van der Waals surface area contributed by atoms with E-state index in [1.807, 2.05) is 0 Å². The van der Waals surface area contributed by atoms with Crippen molar-refractivity contribution in [2.75, 3.05) is 5.32 Å². The summed E-state index contributed by atoms with van der Waals surface area (Å²) in [4.78, 5) is 23.0. The molecule has 0 aromatic heterocycles. The van der Waals surface area contributed by atoms with Gasteiger partial charge in [-0.3, -0.25) is 4.79 Å². The second kappa shape index (κ2) is 6.36. The van der Waals surface area contributed by atoms with E-state index in [0.29, 0.717) is 10.2 Å². The molecule has 2 N–H and O–H groups in total. The maximum Gasteiger partial charge on any atom is 0.335 e. The van der Waals surface area contributed by atoms with Crippen LogP contribution in [0.2, 0.25) is 0 Å². The predicted octanol–water partition coefficient (Wildman–Crippen LogP) is 4.30. The summed E-state index contributed by atoms with van der Waals surface area (Å²) in [6, 6.07) is 8.21. The first-order valence-electron chi connectivity index (χ1n) is 5.67. The molecule has 0 fully saturated rings. The Morgan fingerprint density at radius 1 is 1.00 bits per heavy atom. The lowest BCUT2D eigenvalue weighted by molar-refractivity contribution is 0.0696. The molecule has 0 spiro atoms. The molecule has 2 aromatic carbocycles. The van der Waals surface area contributed by atoms with Crippen LogP contribution in [-0.4, -0.2) is 17.0 Å². The molecule has 0 saturated carbocycles. The number of carbonyl (C=O) groups is 2. The van der Waals surface area contributed by atoms with Gasteiger partial charge in [-0.05, 0) is 68.3 Å². The van der Waals surface area contributed by atoms with E-state index in [0.717, 1.165) is 6.07 Å². The van der Waals surface area contributed by atoms with E-state index in [9.17, 15) is 14.0 Å². The van der Waals surface area contributed by atoms with E-state index >= 15 is 0 Å². The van der Waals surface area contributed by atoms with E-state index in [4.69, 9.17) is 5.11 Å². The van der Waals surface area contributed by atoms with Crippen molar-refractivity contribution in [3.05, 3.63) is 62.3 Å². The Labute approximate surface area is 136 Å². The summed E-state index contributed by atoms with van der Waals surface area (Å²) in [5.74, 6) is -2.20. The van der Waals surface area contributed by atoms with E-state index in [1.165, 1.54) is 30.3 Å². The first-order chi connectivity index (χ1) is 9.88.